The molecule has 0 bridgehead atoms. The smallest absolute Gasteiger partial charge is 0.0683 e. The Kier molecular flexibility index (Phi) is 5.55. The highest BCUT2D eigenvalue weighted by Gasteiger charge is 2.15. The van der Waals surface area contributed by atoms with Gasteiger partial charge in [0.05, 0.1) is 11.5 Å². The molecule has 0 atom stereocenters. The normalized spacial score (nSPS) is 11.2. The first-order chi connectivity index (χ1) is 8.44. The first kappa shape index (κ1) is 14.9. The number of nitrogens with zero attached hydrogens (tertiary/aromatic N) is 1. The van der Waals surface area contributed by atoms with Gasteiger partial charge in [-0.05, 0) is 63.1 Å². The Morgan fingerprint density at radius 2 is 2.06 bits per heavy atom. The first-order valence-corrected chi connectivity index (χ1v) is 7.33. The summed E-state index contributed by atoms with van der Waals surface area (Å²) < 4.78 is 0. The van der Waals surface area contributed by atoms with Crippen LogP contribution in [0.15, 0.2) is 23.1 Å². The lowest BCUT2D eigenvalue weighted by molar-refractivity contribution is 0.433. The monoisotopic (exact) mass is 262 g/mol. The number of nitriles is 1. The summed E-state index contributed by atoms with van der Waals surface area (Å²) in [5.41, 5.74) is 7.61. The third-order valence-electron chi connectivity index (χ3n) is 3.01. The molecule has 18 heavy (non-hydrogen) atoms. The molecule has 0 heterocycles. The van der Waals surface area contributed by atoms with E-state index in [1.165, 1.54) is 4.90 Å². The molecule has 1 rings (SSSR count). The Hall–Kier alpha value is -1.14. The second-order valence-corrected chi connectivity index (χ2v) is 6.49. The minimum atomic E-state index is -0.178. The van der Waals surface area contributed by atoms with Gasteiger partial charge in [0.15, 0.2) is 0 Å². The molecule has 0 aliphatic rings. The van der Waals surface area contributed by atoms with Gasteiger partial charge >= 0.3 is 0 Å². The number of nitrogens with two attached hydrogens (primary N) is 1. The second-order valence-electron chi connectivity index (χ2n) is 5.32. The topological polar surface area (TPSA) is 49.8 Å². The van der Waals surface area contributed by atoms with Crippen molar-refractivity contribution in [2.24, 2.45) is 5.41 Å². The average Bonchev–Trinajstić information content (AvgIpc) is 2.33. The fourth-order valence-electron chi connectivity index (χ4n) is 1.65. The van der Waals surface area contributed by atoms with Crippen molar-refractivity contribution in [2.75, 3.05) is 11.5 Å². The number of anilines is 1. The molecule has 0 spiro atoms. The van der Waals surface area contributed by atoms with Crippen molar-refractivity contribution in [1.82, 2.24) is 0 Å². The predicted molar refractivity (Wildman–Crippen MR) is 79.6 cm³/mol. The van der Waals surface area contributed by atoms with Gasteiger partial charge in [-0.15, -0.1) is 11.8 Å². The molecule has 0 aliphatic carbocycles. The minimum absolute atomic E-state index is 0.178. The highest BCUT2D eigenvalue weighted by molar-refractivity contribution is 7.99. The van der Waals surface area contributed by atoms with Crippen molar-refractivity contribution in [2.45, 2.75) is 44.9 Å². The van der Waals surface area contributed by atoms with Crippen LogP contribution in [-0.2, 0) is 0 Å². The largest absolute Gasteiger partial charge is 0.399 e. The van der Waals surface area contributed by atoms with Gasteiger partial charge in [-0.2, -0.15) is 5.26 Å². The molecule has 0 saturated carbocycles. The number of aryl methyl sites for hydroxylation is 1. The van der Waals surface area contributed by atoms with Crippen LogP contribution in [0.4, 0.5) is 5.69 Å². The van der Waals surface area contributed by atoms with Crippen molar-refractivity contribution >= 4 is 17.4 Å². The van der Waals surface area contributed by atoms with Crippen LogP contribution < -0.4 is 5.73 Å². The zero-order chi connectivity index (χ0) is 13.6. The van der Waals surface area contributed by atoms with Gasteiger partial charge in [-0.1, -0.05) is 6.42 Å². The summed E-state index contributed by atoms with van der Waals surface area (Å²) in [7, 11) is 0. The molecule has 3 heteroatoms. The maximum atomic E-state index is 8.92. The van der Waals surface area contributed by atoms with Gasteiger partial charge in [0, 0.05) is 10.6 Å². The highest BCUT2D eigenvalue weighted by atomic mass is 32.2. The molecular weight excluding hydrogens is 240 g/mol. The lowest BCUT2D eigenvalue weighted by atomic mass is 9.89. The van der Waals surface area contributed by atoms with Crippen molar-refractivity contribution < 1.29 is 0 Å². The fourth-order valence-corrected chi connectivity index (χ4v) is 2.66. The van der Waals surface area contributed by atoms with E-state index in [-0.39, 0.29) is 5.41 Å². The highest BCUT2D eigenvalue weighted by Crippen LogP contribution is 2.26. The molecular formula is C15H22N2S. The standard InChI is InChI=1S/C15H22N2S/c1-12-10-13(6-7-14(12)17)18-9-5-4-8-15(2,3)11-16/h6-7,10H,4-5,8-9,17H2,1-3H3. The van der Waals surface area contributed by atoms with Crippen LogP contribution in [0.25, 0.3) is 0 Å². The summed E-state index contributed by atoms with van der Waals surface area (Å²) in [6.07, 6.45) is 3.24. The summed E-state index contributed by atoms with van der Waals surface area (Å²) in [5, 5.41) is 8.92. The zero-order valence-corrected chi connectivity index (χ0v) is 12.3. The van der Waals surface area contributed by atoms with Crippen molar-refractivity contribution in [1.29, 1.82) is 5.26 Å². The van der Waals surface area contributed by atoms with Crippen molar-refractivity contribution in [3.8, 4) is 6.07 Å². The van der Waals surface area contributed by atoms with Gasteiger partial charge in [0.1, 0.15) is 0 Å². The molecule has 1 aromatic rings. The molecule has 0 saturated heterocycles. The van der Waals surface area contributed by atoms with Crippen LogP contribution in [-0.4, -0.2) is 5.75 Å². The number of benzene rings is 1. The number of hydrogen-bond acceptors (Lipinski definition) is 3. The van der Waals surface area contributed by atoms with E-state index in [4.69, 9.17) is 11.0 Å². The third kappa shape index (κ3) is 5.01. The molecule has 0 fully saturated rings. The second kappa shape index (κ2) is 6.70. The van der Waals surface area contributed by atoms with Crippen LogP contribution in [0.3, 0.4) is 0 Å². The van der Waals surface area contributed by atoms with E-state index in [0.29, 0.717) is 0 Å². The number of hydrogen-bond donors (Lipinski definition) is 1. The molecule has 0 amide bonds. The van der Waals surface area contributed by atoms with Crippen LogP contribution in [0.2, 0.25) is 0 Å². The van der Waals surface area contributed by atoms with Crippen molar-refractivity contribution in [3.05, 3.63) is 23.8 Å². The minimum Gasteiger partial charge on any atom is -0.399 e. The molecule has 0 aliphatic heterocycles. The third-order valence-corrected chi connectivity index (χ3v) is 4.09. The fraction of sp³-hybridized carbons (Fsp3) is 0.533. The Balaban J connectivity index is 2.26. The van der Waals surface area contributed by atoms with E-state index in [1.807, 2.05) is 38.6 Å². The number of unbranched alkanes of at least 4 members (excludes halogenated alkanes) is 1. The van der Waals surface area contributed by atoms with E-state index in [1.54, 1.807) is 0 Å². The Bertz CT molecular complexity index is 433. The first-order valence-electron chi connectivity index (χ1n) is 6.35. The van der Waals surface area contributed by atoms with Gasteiger partial charge < -0.3 is 5.73 Å². The molecule has 1 aromatic carbocycles. The van der Waals surface area contributed by atoms with Crippen LogP contribution in [0.1, 0.15) is 38.7 Å². The summed E-state index contributed by atoms with van der Waals surface area (Å²) >= 11 is 1.86. The van der Waals surface area contributed by atoms with Crippen LogP contribution in [0.5, 0.6) is 0 Å². The number of rotatable bonds is 6. The van der Waals surface area contributed by atoms with E-state index < -0.39 is 0 Å². The number of nitrogen functional groups attached to an aromatic ring is 1. The van der Waals surface area contributed by atoms with Crippen molar-refractivity contribution in [3.63, 3.8) is 0 Å². The molecule has 0 aromatic heterocycles. The number of thioether (sulfide) groups is 1. The Morgan fingerprint density at radius 1 is 1.33 bits per heavy atom. The van der Waals surface area contributed by atoms with Gasteiger partial charge in [0.2, 0.25) is 0 Å². The molecule has 0 unspecified atom stereocenters. The maximum absolute atomic E-state index is 8.92. The maximum Gasteiger partial charge on any atom is 0.0683 e. The van der Waals surface area contributed by atoms with Crippen LogP contribution in [0, 0.1) is 23.7 Å². The quantitative estimate of drug-likeness (QED) is 0.470. The summed E-state index contributed by atoms with van der Waals surface area (Å²) in [5.74, 6) is 1.10. The molecule has 2 N–H and O–H groups in total. The SMILES string of the molecule is Cc1cc(SCCCCC(C)(C)C#N)ccc1N. The zero-order valence-electron chi connectivity index (χ0n) is 11.5. The Labute approximate surface area is 115 Å². The van der Waals surface area contributed by atoms with E-state index in [9.17, 15) is 0 Å². The van der Waals surface area contributed by atoms with Gasteiger partial charge in [-0.3, -0.25) is 0 Å². The average molecular weight is 262 g/mol. The predicted octanol–water partition coefficient (Wildman–Crippen LogP) is 4.39. The molecule has 0 radical (unpaired) electrons. The summed E-state index contributed by atoms with van der Waals surface area (Å²) in [6.45, 7) is 6.04. The molecule has 98 valence electrons. The lowest BCUT2D eigenvalue weighted by Crippen LogP contribution is -2.07. The Morgan fingerprint density at radius 3 is 2.67 bits per heavy atom. The van der Waals surface area contributed by atoms with E-state index >= 15 is 0 Å². The molecule has 2 nitrogen and oxygen atoms in total. The van der Waals surface area contributed by atoms with E-state index in [2.05, 4.69) is 18.2 Å². The summed E-state index contributed by atoms with van der Waals surface area (Å²) in [4.78, 5) is 1.28. The van der Waals surface area contributed by atoms with E-state index in [0.717, 1.165) is 36.3 Å². The van der Waals surface area contributed by atoms with Crippen LogP contribution >= 0.6 is 11.8 Å². The van der Waals surface area contributed by atoms with Gasteiger partial charge in [-0.25, -0.2) is 0 Å². The van der Waals surface area contributed by atoms with Gasteiger partial charge in [0.25, 0.3) is 0 Å². The lowest BCUT2D eigenvalue weighted by Gasteiger charge is -2.14. The summed E-state index contributed by atoms with van der Waals surface area (Å²) in [6, 6.07) is 8.53.